The molecule has 2 heterocycles. The van der Waals surface area contributed by atoms with Crippen LogP contribution in [0, 0.1) is 26.6 Å². The van der Waals surface area contributed by atoms with Gasteiger partial charge in [-0.3, -0.25) is 4.79 Å². The van der Waals surface area contributed by atoms with Crippen LogP contribution in [0.5, 0.6) is 0 Å². The Morgan fingerprint density at radius 1 is 1.00 bits per heavy atom. The van der Waals surface area contributed by atoms with Crippen molar-refractivity contribution in [2.24, 2.45) is 0 Å². The van der Waals surface area contributed by atoms with Gasteiger partial charge in [-0.2, -0.15) is 0 Å². The van der Waals surface area contributed by atoms with E-state index in [1.807, 2.05) is 26.8 Å². The van der Waals surface area contributed by atoms with E-state index in [2.05, 4.69) is 5.32 Å². The Kier molecular flexibility index (Phi) is 5.16. The molecule has 154 valence electrons. The highest BCUT2D eigenvalue weighted by molar-refractivity contribution is 5.97. The van der Waals surface area contributed by atoms with Crippen LogP contribution in [0.15, 0.2) is 50.0 Å². The Hall–Kier alpha value is -3.41. The lowest BCUT2D eigenvalue weighted by Gasteiger charge is -2.09. The maximum atomic E-state index is 13.7. The molecule has 0 unspecified atom stereocenters. The van der Waals surface area contributed by atoms with Gasteiger partial charge in [-0.15, -0.1) is 0 Å². The Morgan fingerprint density at radius 2 is 1.70 bits per heavy atom. The second-order valence-corrected chi connectivity index (χ2v) is 7.49. The van der Waals surface area contributed by atoms with Crippen LogP contribution in [0.2, 0.25) is 0 Å². The lowest BCUT2D eigenvalue weighted by Crippen LogP contribution is -2.29. The normalized spacial score (nSPS) is 11.3. The van der Waals surface area contributed by atoms with Gasteiger partial charge in [0.2, 0.25) is 5.91 Å². The molecule has 0 atom stereocenters. The summed E-state index contributed by atoms with van der Waals surface area (Å²) in [4.78, 5) is 24.9. The number of amides is 1. The molecule has 4 aromatic rings. The first-order valence-corrected chi connectivity index (χ1v) is 9.81. The molecule has 0 aliphatic carbocycles. The molecule has 1 amide bonds. The Labute approximate surface area is 172 Å². The Balaban J connectivity index is 1.56. The molecule has 0 saturated heterocycles. The Morgan fingerprint density at radius 3 is 2.47 bits per heavy atom. The summed E-state index contributed by atoms with van der Waals surface area (Å²) in [6.07, 6.45) is 0.281. The minimum absolute atomic E-state index is 0.0944. The summed E-state index contributed by atoms with van der Waals surface area (Å²) < 4.78 is 24.9. The van der Waals surface area contributed by atoms with E-state index in [1.165, 1.54) is 6.07 Å². The second-order valence-electron chi connectivity index (χ2n) is 7.49. The number of halogens is 1. The van der Waals surface area contributed by atoms with E-state index >= 15 is 0 Å². The molecule has 2 aromatic heterocycles. The number of hydrogen-bond donors (Lipinski definition) is 1. The fraction of sp³-hybridized carbons (Fsp3) is 0.250. The van der Waals surface area contributed by atoms with E-state index in [9.17, 15) is 14.0 Å². The molecule has 0 spiro atoms. The van der Waals surface area contributed by atoms with E-state index in [-0.39, 0.29) is 24.7 Å². The molecule has 0 saturated carbocycles. The molecule has 0 aliphatic rings. The van der Waals surface area contributed by atoms with Crippen molar-refractivity contribution in [1.82, 2.24) is 5.32 Å². The summed E-state index contributed by atoms with van der Waals surface area (Å²) in [5, 5.41) is 4.48. The molecule has 30 heavy (non-hydrogen) atoms. The molecular formula is C24H22FNO4. The van der Waals surface area contributed by atoms with E-state index in [0.717, 1.165) is 22.1 Å². The lowest BCUT2D eigenvalue weighted by atomic mass is 10.0. The van der Waals surface area contributed by atoms with Crippen LogP contribution in [0.4, 0.5) is 4.39 Å². The fourth-order valence-corrected chi connectivity index (χ4v) is 3.69. The van der Waals surface area contributed by atoms with Crippen LogP contribution >= 0.6 is 0 Å². The number of fused-ring (bicyclic) bond motifs is 2. The predicted octanol–water partition coefficient (Wildman–Crippen LogP) is 4.50. The van der Waals surface area contributed by atoms with Crippen LogP contribution in [0.1, 0.15) is 28.0 Å². The fourth-order valence-electron chi connectivity index (χ4n) is 3.69. The highest BCUT2D eigenvalue weighted by Gasteiger charge is 2.17. The summed E-state index contributed by atoms with van der Waals surface area (Å²) in [6, 6.07) is 10.1. The van der Waals surface area contributed by atoms with Crippen LogP contribution in [-0.2, 0) is 17.6 Å². The first-order chi connectivity index (χ1) is 14.3. The third-order valence-electron chi connectivity index (χ3n) is 5.59. The number of nitrogens with one attached hydrogen (secondary N) is 1. The van der Waals surface area contributed by atoms with E-state index in [1.54, 1.807) is 24.3 Å². The highest BCUT2D eigenvalue weighted by atomic mass is 19.1. The first-order valence-electron chi connectivity index (χ1n) is 9.81. The van der Waals surface area contributed by atoms with Gasteiger partial charge in [0, 0.05) is 23.4 Å². The van der Waals surface area contributed by atoms with Gasteiger partial charge < -0.3 is 14.2 Å². The predicted molar refractivity (Wildman–Crippen MR) is 113 cm³/mol. The quantitative estimate of drug-likeness (QED) is 0.494. The van der Waals surface area contributed by atoms with Gasteiger partial charge in [0.25, 0.3) is 0 Å². The van der Waals surface area contributed by atoms with Crippen molar-refractivity contribution in [1.29, 1.82) is 0 Å². The smallest absolute Gasteiger partial charge is 0.340 e. The van der Waals surface area contributed by atoms with Gasteiger partial charge in [-0.05, 0) is 56.0 Å². The van der Waals surface area contributed by atoms with Gasteiger partial charge in [-0.1, -0.05) is 18.2 Å². The van der Waals surface area contributed by atoms with Crippen molar-refractivity contribution in [3.63, 3.8) is 0 Å². The molecule has 0 fully saturated rings. The Bertz CT molecular complexity index is 1330. The van der Waals surface area contributed by atoms with Crippen molar-refractivity contribution in [2.45, 2.75) is 33.6 Å². The largest absolute Gasteiger partial charge is 0.461 e. The topological polar surface area (TPSA) is 72.5 Å². The number of furan rings is 1. The van der Waals surface area contributed by atoms with Gasteiger partial charge in [0.15, 0.2) is 0 Å². The number of aryl methyl sites for hydroxylation is 3. The molecular weight excluding hydrogens is 385 g/mol. The van der Waals surface area contributed by atoms with E-state index < -0.39 is 5.63 Å². The van der Waals surface area contributed by atoms with Crippen LogP contribution in [0.25, 0.3) is 21.9 Å². The van der Waals surface area contributed by atoms with Gasteiger partial charge >= 0.3 is 5.63 Å². The number of rotatable bonds is 5. The molecule has 5 nitrogen and oxygen atoms in total. The molecule has 6 heteroatoms. The maximum absolute atomic E-state index is 13.7. The van der Waals surface area contributed by atoms with Crippen molar-refractivity contribution < 1.29 is 18.0 Å². The van der Waals surface area contributed by atoms with Crippen molar-refractivity contribution in [3.05, 3.63) is 80.6 Å². The number of benzene rings is 2. The van der Waals surface area contributed by atoms with Crippen molar-refractivity contribution in [3.8, 4) is 0 Å². The van der Waals surface area contributed by atoms with Crippen molar-refractivity contribution >= 4 is 27.8 Å². The summed E-state index contributed by atoms with van der Waals surface area (Å²) in [7, 11) is 0. The van der Waals surface area contributed by atoms with Gasteiger partial charge in [0.05, 0.1) is 12.0 Å². The maximum Gasteiger partial charge on any atom is 0.340 e. The van der Waals surface area contributed by atoms with E-state index in [4.69, 9.17) is 8.83 Å². The zero-order valence-electron chi connectivity index (χ0n) is 17.1. The monoisotopic (exact) mass is 407 g/mol. The van der Waals surface area contributed by atoms with Crippen LogP contribution in [0.3, 0.4) is 0 Å². The average Bonchev–Trinajstić information content (AvgIpc) is 2.98. The summed E-state index contributed by atoms with van der Waals surface area (Å²) in [6.45, 7) is 5.96. The summed E-state index contributed by atoms with van der Waals surface area (Å²) >= 11 is 0. The number of carbonyl (C=O) groups is 1. The molecule has 0 radical (unpaired) electrons. The number of carbonyl (C=O) groups excluding carboxylic acids is 1. The van der Waals surface area contributed by atoms with Crippen LogP contribution < -0.4 is 10.9 Å². The zero-order valence-corrected chi connectivity index (χ0v) is 17.1. The summed E-state index contributed by atoms with van der Waals surface area (Å²) in [5.74, 6) is 0.209. The standard InChI is InChI=1S/C24H22FNO4/c1-13-15(3)29-21-12-22-18(10-17(13)21)14(2)19(24(28)30-22)11-23(27)26-9-8-16-6-4-5-7-20(16)25/h4-7,10,12H,8-9,11H2,1-3H3,(H,26,27). The third-order valence-corrected chi connectivity index (χ3v) is 5.59. The van der Waals surface area contributed by atoms with Crippen LogP contribution in [-0.4, -0.2) is 12.5 Å². The molecule has 0 aliphatic heterocycles. The van der Waals surface area contributed by atoms with Gasteiger partial charge in [0.1, 0.15) is 22.7 Å². The molecule has 1 N–H and O–H groups in total. The first kappa shape index (κ1) is 19.9. The minimum atomic E-state index is -0.538. The average molecular weight is 407 g/mol. The third kappa shape index (κ3) is 3.61. The summed E-state index contributed by atoms with van der Waals surface area (Å²) in [5.41, 5.74) is 3.16. The van der Waals surface area contributed by atoms with Gasteiger partial charge in [-0.25, -0.2) is 9.18 Å². The zero-order chi connectivity index (χ0) is 21.4. The lowest BCUT2D eigenvalue weighted by molar-refractivity contribution is -0.120. The SMILES string of the molecule is Cc1oc2cc3oc(=O)c(CC(=O)NCCc4ccccc4F)c(C)c3cc2c1C. The molecule has 2 aromatic carbocycles. The highest BCUT2D eigenvalue weighted by Crippen LogP contribution is 2.30. The second kappa shape index (κ2) is 7.78. The van der Waals surface area contributed by atoms with Crippen molar-refractivity contribution in [2.75, 3.05) is 6.54 Å². The molecule has 4 rings (SSSR count). The van der Waals surface area contributed by atoms with E-state index in [0.29, 0.717) is 34.3 Å². The number of hydrogen-bond acceptors (Lipinski definition) is 4. The molecule has 0 bridgehead atoms. The minimum Gasteiger partial charge on any atom is -0.461 e.